The van der Waals surface area contributed by atoms with E-state index in [4.69, 9.17) is 0 Å². The number of hydrogen-bond donors (Lipinski definition) is 2. The summed E-state index contributed by atoms with van der Waals surface area (Å²) in [5.41, 5.74) is 1.50. The summed E-state index contributed by atoms with van der Waals surface area (Å²) in [6.07, 6.45) is 0. The van der Waals surface area contributed by atoms with Gasteiger partial charge in [0.15, 0.2) is 0 Å². The van der Waals surface area contributed by atoms with Gasteiger partial charge in [0.2, 0.25) is 5.91 Å². The van der Waals surface area contributed by atoms with Gasteiger partial charge in [0.05, 0.1) is 0 Å². The maximum absolute atomic E-state index is 12.7. The second-order valence-electron chi connectivity index (χ2n) is 6.82. The first-order valence-corrected chi connectivity index (χ1v) is 7.92. The van der Waals surface area contributed by atoms with Crippen LogP contribution in [0.4, 0.5) is 0 Å². The van der Waals surface area contributed by atoms with Crippen LogP contribution in [0.1, 0.15) is 50.5 Å². The summed E-state index contributed by atoms with van der Waals surface area (Å²) < 4.78 is 0. The molecule has 2 amide bonds. The molecule has 0 aliphatic carbocycles. The first-order chi connectivity index (χ1) is 11.0. The Labute approximate surface area is 142 Å². The van der Waals surface area contributed by atoms with Crippen molar-refractivity contribution in [2.75, 3.05) is 13.1 Å². The lowest BCUT2D eigenvalue weighted by Gasteiger charge is -2.27. The summed E-state index contributed by atoms with van der Waals surface area (Å²) in [5, 5.41) is 11.8. The number of carboxylic acids is 1. The molecule has 24 heavy (non-hydrogen) atoms. The molecule has 0 aliphatic rings. The smallest absolute Gasteiger partial charge is 0.326 e. The maximum atomic E-state index is 12.7. The van der Waals surface area contributed by atoms with Gasteiger partial charge < -0.3 is 15.3 Å². The number of amides is 2. The molecule has 1 aromatic carbocycles. The van der Waals surface area contributed by atoms with Crippen molar-refractivity contribution >= 4 is 17.8 Å². The number of aliphatic carboxylic acids is 1. The third kappa shape index (κ3) is 5.37. The zero-order valence-electron chi connectivity index (χ0n) is 14.9. The average Bonchev–Trinajstić information content (AvgIpc) is 2.49. The van der Waals surface area contributed by atoms with Gasteiger partial charge in [0.25, 0.3) is 5.91 Å². The van der Waals surface area contributed by atoms with Gasteiger partial charge in [-0.1, -0.05) is 32.9 Å². The predicted octanol–water partition coefficient (Wildman–Crippen LogP) is 2.04. The second kappa shape index (κ2) is 7.95. The number of carbonyl (C=O) groups excluding carboxylic acids is 2. The van der Waals surface area contributed by atoms with Crippen LogP contribution >= 0.6 is 0 Å². The summed E-state index contributed by atoms with van der Waals surface area (Å²) in [4.78, 5) is 36.2. The number of rotatable bonds is 6. The molecule has 0 saturated carbocycles. The Bertz CT molecular complexity index is 602. The van der Waals surface area contributed by atoms with Crippen LogP contribution in [0.5, 0.6) is 0 Å². The quantitative estimate of drug-likeness (QED) is 0.833. The van der Waals surface area contributed by atoms with E-state index in [1.807, 2.05) is 12.1 Å². The van der Waals surface area contributed by atoms with E-state index in [0.717, 1.165) is 5.56 Å². The largest absolute Gasteiger partial charge is 0.480 e. The average molecular weight is 334 g/mol. The number of carbonyl (C=O) groups is 3. The number of hydrogen-bond acceptors (Lipinski definition) is 3. The SMILES string of the molecule is CC(=O)NCCN(C(=O)c1ccc(C(C)(C)C)cc1)C(C)C(=O)O. The van der Waals surface area contributed by atoms with Crippen molar-refractivity contribution in [3.63, 3.8) is 0 Å². The molecule has 6 nitrogen and oxygen atoms in total. The Balaban J connectivity index is 2.97. The second-order valence-corrected chi connectivity index (χ2v) is 6.82. The fourth-order valence-electron chi connectivity index (χ4n) is 2.24. The van der Waals surface area contributed by atoms with Gasteiger partial charge in [-0.3, -0.25) is 9.59 Å². The number of carboxylic acid groups (broad SMARTS) is 1. The summed E-state index contributed by atoms with van der Waals surface area (Å²) in [6.45, 7) is 9.41. The monoisotopic (exact) mass is 334 g/mol. The lowest BCUT2D eigenvalue weighted by atomic mass is 9.86. The van der Waals surface area contributed by atoms with E-state index < -0.39 is 12.0 Å². The van der Waals surface area contributed by atoms with Crippen LogP contribution in [0.15, 0.2) is 24.3 Å². The molecule has 2 N–H and O–H groups in total. The van der Waals surface area contributed by atoms with Crippen LogP contribution in [0.25, 0.3) is 0 Å². The third-order valence-corrected chi connectivity index (χ3v) is 3.81. The van der Waals surface area contributed by atoms with Gasteiger partial charge in [-0.15, -0.1) is 0 Å². The van der Waals surface area contributed by atoms with E-state index in [0.29, 0.717) is 5.56 Å². The topological polar surface area (TPSA) is 86.7 Å². The van der Waals surface area contributed by atoms with Crippen LogP contribution in [0.2, 0.25) is 0 Å². The molecule has 0 fully saturated rings. The minimum Gasteiger partial charge on any atom is -0.480 e. The summed E-state index contributed by atoms with van der Waals surface area (Å²) >= 11 is 0. The van der Waals surface area contributed by atoms with E-state index >= 15 is 0 Å². The van der Waals surface area contributed by atoms with Gasteiger partial charge in [0.1, 0.15) is 6.04 Å². The summed E-state index contributed by atoms with van der Waals surface area (Å²) in [6, 6.07) is 6.20. The fourth-order valence-corrected chi connectivity index (χ4v) is 2.24. The summed E-state index contributed by atoms with van der Waals surface area (Å²) in [5.74, 6) is -1.67. The molecule has 6 heteroatoms. The minimum absolute atomic E-state index is 0.0268. The maximum Gasteiger partial charge on any atom is 0.326 e. The van der Waals surface area contributed by atoms with Gasteiger partial charge in [-0.05, 0) is 30.0 Å². The van der Waals surface area contributed by atoms with Crippen LogP contribution in [-0.4, -0.2) is 46.9 Å². The molecule has 0 bridgehead atoms. The van der Waals surface area contributed by atoms with Crippen molar-refractivity contribution in [2.24, 2.45) is 0 Å². The lowest BCUT2D eigenvalue weighted by molar-refractivity contribution is -0.141. The molecule has 1 aromatic rings. The van der Waals surface area contributed by atoms with E-state index in [1.165, 1.54) is 18.7 Å². The number of benzene rings is 1. The van der Waals surface area contributed by atoms with Gasteiger partial charge in [-0.25, -0.2) is 4.79 Å². The number of nitrogens with zero attached hydrogens (tertiary/aromatic N) is 1. The van der Waals surface area contributed by atoms with Crippen molar-refractivity contribution in [1.29, 1.82) is 0 Å². The normalized spacial score (nSPS) is 12.4. The highest BCUT2D eigenvalue weighted by Crippen LogP contribution is 2.22. The highest BCUT2D eigenvalue weighted by atomic mass is 16.4. The first kappa shape index (κ1) is 19.7. The summed E-state index contributed by atoms with van der Waals surface area (Å²) in [7, 11) is 0. The van der Waals surface area contributed by atoms with E-state index in [2.05, 4.69) is 26.1 Å². The third-order valence-electron chi connectivity index (χ3n) is 3.81. The first-order valence-electron chi connectivity index (χ1n) is 7.92. The number of nitrogens with one attached hydrogen (secondary N) is 1. The Morgan fingerprint density at radius 1 is 1.17 bits per heavy atom. The zero-order valence-corrected chi connectivity index (χ0v) is 14.9. The predicted molar refractivity (Wildman–Crippen MR) is 92.0 cm³/mol. The molecule has 0 spiro atoms. The van der Waals surface area contributed by atoms with E-state index in [9.17, 15) is 19.5 Å². The minimum atomic E-state index is -1.09. The Morgan fingerprint density at radius 2 is 1.71 bits per heavy atom. The Morgan fingerprint density at radius 3 is 2.12 bits per heavy atom. The van der Waals surface area contributed by atoms with Crippen molar-refractivity contribution in [3.8, 4) is 0 Å². The van der Waals surface area contributed by atoms with Crippen LogP contribution in [0, 0.1) is 0 Å². The molecule has 0 aliphatic heterocycles. The standard InChI is InChI=1S/C18H26N2O4/c1-12(17(23)24)20(11-10-19-13(2)21)16(22)14-6-8-15(9-7-14)18(3,4)5/h6-9,12H,10-11H2,1-5H3,(H,19,21)(H,23,24). The van der Waals surface area contributed by atoms with E-state index in [-0.39, 0.29) is 30.3 Å². The van der Waals surface area contributed by atoms with Gasteiger partial charge in [-0.2, -0.15) is 0 Å². The Hall–Kier alpha value is -2.37. The molecule has 1 rings (SSSR count). The molecule has 0 aromatic heterocycles. The molecule has 0 heterocycles. The van der Waals surface area contributed by atoms with Crippen molar-refractivity contribution in [1.82, 2.24) is 10.2 Å². The lowest BCUT2D eigenvalue weighted by Crippen LogP contribution is -2.46. The van der Waals surface area contributed by atoms with E-state index in [1.54, 1.807) is 12.1 Å². The molecule has 0 radical (unpaired) electrons. The van der Waals surface area contributed by atoms with Gasteiger partial charge >= 0.3 is 5.97 Å². The molecule has 0 saturated heterocycles. The molecule has 132 valence electrons. The fraction of sp³-hybridized carbons (Fsp3) is 0.500. The van der Waals surface area contributed by atoms with Crippen LogP contribution < -0.4 is 5.32 Å². The highest BCUT2D eigenvalue weighted by molar-refractivity contribution is 5.96. The molecule has 1 unspecified atom stereocenters. The molecular weight excluding hydrogens is 308 g/mol. The van der Waals surface area contributed by atoms with Crippen molar-refractivity contribution < 1.29 is 19.5 Å². The van der Waals surface area contributed by atoms with Crippen LogP contribution in [0.3, 0.4) is 0 Å². The van der Waals surface area contributed by atoms with Crippen molar-refractivity contribution in [2.45, 2.75) is 46.1 Å². The molecule has 1 atom stereocenters. The Kier molecular flexibility index (Phi) is 6.51. The highest BCUT2D eigenvalue weighted by Gasteiger charge is 2.26. The van der Waals surface area contributed by atoms with Gasteiger partial charge in [0, 0.05) is 25.6 Å². The van der Waals surface area contributed by atoms with Crippen molar-refractivity contribution in [3.05, 3.63) is 35.4 Å². The zero-order chi connectivity index (χ0) is 18.5. The molecular formula is C18H26N2O4. The van der Waals surface area contributed by atoms with Crippen LogP contribution in [-0.2, 0) is 15.0 Å².